The highest BCUT2D eigenvalue weighted by Crippen LogP contribution is 2.26. The number of aromatic carboxylic acids is 1. The van der Waals surface area contributed by atoms with Crippen LogP contribution < -0.4 is 4.74 Å². The van der Waals surface area contributed by atoms with Gasteiger partial charge in [0.1, 0.15) is 0 Å². The Labute approximate surface area is 117 Å². The van der Waals surface area contributed by atoms with Gasteiger partial charge in [0, 0.05) is 17.3 Å². The maximum atomic E-state index is 10.8. The van der Waals surface area contributed by atoms with Crippen LogP contribution >= 0.6 is 0 Å². The topological polar surface area (TPSA) is 72.3 Å². The molecule has 0 atom stereocenters. The molecule has 5 heteroatoms. The van der Waals surface area contributed by atoms with Crippen LogP contribution in [0.5, 0.6) is 5.88 Å². The maximum Gasteiger partial charge on any atom is 0.337 e. The lowest BCUT2D eigenvalue weighted by Gasteiger charge is -2.11. The Bertz CT molecular complexity index is 636. The summed E-state index contributed by atoms with van der Waals surface area (Å²) in [4.78, 5) is 19.4. The number of aryl methyl sites for hydroxylation is 2. The Morgan fingerprint density at radius 3 is 2.65 bits per heavy atom. The number of ether oxygens (including phenoxy) is 1. The predicted molar refractivity (Wildman–Crippen MR) is 75.1 cm³/mol. The number of hydrogen-bond acceptors (Lipinski definition) is 4. The summed E-state index contributed by atoms with van der Waals surface area (Å²) < 4.78 is 5.25. The van der Waals surface area contributed by atoms with E-state index in [0.29, 0.717) is 11.6 Å². The van der Waals surface area contributed by atoms with Crippen molar-refractivity contribution in [3.8, 4) is 17.1 Å². The smallest absolute Gasteiger partial charge is 0.337 e. The number of pyridine rings is 2. The number of rotatable bonds is 4. The van der Waals surface area contributed by atoms with Gasteiger partial charge in [0.15, 0.2) is 0 Å². The maximum absolute atomic E-state index is 10.8. The van der Waals surface area contributed by atoms with Gasteiger partial charge in [-0.1, -0.05) is 6.92 Å². The van der Waals surface area contributed by atoms with Crippen molar-refractivity contribution in [3.05, 3.63) is 41.2 Å². The second kappa shape index (κ2) is 5.69. The normalized spacial score (nSPS) is 10.3. The van der Waals surface area contributed by atoms with Crippen LogP contribution in [0.3, 0.4) is 0 Å². The first-order valence-corrected chi connectivity index (χ1v) is 6.31. The average molecular weight is 272 g/mol. The number of carboxylic acids is 1. The summed E-state index contributed by atoms with van der Waals surface area (Å²) in [5.74, 6) is -0.362. The SMILES string of the molecule is CCc1cc(-c2ccc(C(=O)O)cn2)c(C)nc1OC. The van der Waals surface area contributed by atoms with Gasteiger partial charge < -0.3 is 9.84 Å². The van der Waals surface area contributed by atoms with Gasteiger partial charge in [-0.3, -0.25) is 4.98 Å². The van der Waals surface area contributed by atoms with Gasteiger partial charge in [0.25, 0.3) is 0 Å². The Hall–Kier alpha value is -2.43. The van der Waals surface area contributed by atoms with Crippen molar-refractivity contribution in [1.29, 1.82) is 0 Å². The lowest BCUT2D eigenvalue weighted by atomic mass is 10.1. The first-order chi connectivity index (χ1) is 9.56. The van der Waals surface area contributed by atoms with E-state index in [1.165, 1.54) is 6.20 Å². The summed E-state index contributed by atoms with van der Waals surface area (Å²) in [7, 11) is 1.60. The van der Waals surface area contributed by atoms with Gasteiger partial charge in [0.05, 0.1) is 24.1 Å². The molecule has 2 aromatic heterocycles. The van der Waals surface area contributed by atoms with Crippen LogP contribution in [-0.2, 0) is 6.42 Å². The molecular weight excluding hydrogens is 256 g/mol. The monoisotopic (exact) mass is 272 g/mol. The summed E-state index contributed by atoms with van der Waals surface area (Å²) >= 11 is 0. The van der Waals surface area contributed by atoms with Crippen LogP contribution in [0.15, 0.2) is 24.4 Å². The van der Waals surface area contributed by atoms with E-state index in [0.717, 1.165) is 23.2 Å². The number of hydrogen-bond donors (Lipinski definition) is 1. The quantitative estimate of drug-likeness (QED) is 0.926. The summed E-state index contributed by atoms with van der Waals surface area (Å²) in [5, 5.41) is 8.88. The predicted octanol–water partition coefficient (Wildman–Crippen LogP) is 2.72. The Kier molecular flexibility index (Phi) is 3.98. The molecule has 0 bridgehead atoms. The Morgan fingerprint density at radius 1 is 1.40 bits per heavy atom. The lowest BCUT2D eigenvalue weighted by Crippen LogP contribution is -2.00. The molecule has 0 spiro atoms. The molecule has 0 saturated heterocycles. The minimum Gasteiger partial charge on any atom is -0.481 e. The number of methoxy groups -OCH3 is 1. The summed E-state index contributed by atoms with van der Waals surface area (Å²) in [6, 6.07) is 5.23. The fourth-order valence-electron chi connectivity index (χ4n) is 1.99. The van der Waals surface area contributed by atoms with E-state index in [1.807, 2.05) is 19.9 Å². The molecule has 104 valence electrons. The Morgan fingerprint density at radius 2 is 2.15 bits per heavy atom. The van der Waals surface area contributed by atoms with Crippen LogP contribution in [-0.4, -0.2) is 28.2 Å². The van der Waals surface area contributed by atoms with E-state index in [2.05, 4.69) is 9.97 Å². The molecule has 2 rings (SSSR count). The van der Waals surface area contributed by atoms with Crippen molar-refractivity contribution in [1.82, 2.24) is 9.97 Å². The highest BCUT2D eigenvalue weighted by molar-refractivity contribution is 5.87. The van der Waals surface area contributed by atoms with Gasteiger partial charge in [-0.15, -0.1) is 0 Å². The first-order valence-electron chi connectivity index (χ1n) is 6.31. The zero-order valence-electron chi connectivity index (χ0n) is 11.7. The molecule has 0 aliphatic rings. The van der Waals surface area contributed by atoms with Gasteiger partial charge >= 0.3 is 5.97 Å². The van der Waals surface area contributed by atoms with Crippen molar-refractivity contribution in [2.24, 2.45) is 0 Å². The molecule has 2 heterocycles. The third-order valence-electron chi connectivity index (χ3n) is 3.11. The number of nitrogens with zero attached hydrogens (tertiary/aromatic N) is 2. The third-order valence-corrected chi connectivity index (χ3v) is 3.11. The van der Waals surface area contributed by atoms with Crippen molar-refractivity contribution < 1.29 is 14.6 Å². The zero-order valence-corrected chi connectivity index (χ0v) is 11.7. The van der Waals surface area contributed by atoms with Crippen molar-refractivity contribution in [3.63, 3.8) is 0 Å². The summed E-state index contributed by atoms with van der Waals surface area (Å²) in [6.45, 7) is 3.91. The zero-order chi connectivity index (χ0) is 14.7. The number of aromatic nitrogens is 2. The largest absolute Gasteiger partial charge is 0.481 e. The van der Waals surface area contributed by atoms with Crippen molar-refractivity contribution in [2.75, 3.05) is 7.11 Å². The van der Waals surface area contributed by atoms with E-state index in [9.17, 15) is 4.79 Å². The van der Waals surface area contributed by atoms with Crippen LogP contribution in [0.1, 0.15) is 28.5 Å². The molecule has 2 aromatic rings. The molecule has 5 nitrogen and oxygen atoms in total. The summed E-state index contributed by atoms with van der Waals surface area (Å²) in [6.07, 6.45) is 2.16. The van der Waals surface area contributed by atoms with E-state index < -0.39 is 5.97 Å². The molecule has 0 radical (unpaired) electrons. The lowest BCUT2D eigenvalue weighted by molar-refractivity contribution is 0.0696. The highest BCUT2D eigenvalue weighted by Gasteiger charge is 2.12. The van der Waals surface area contributed by atoms with Gasteiger partial charge in [0.2, 0.25) is 5.88 Å². The van der Waals surface area contributed by atoms with Gasteiger partial charge in [-0.05, 0) is 31.5 Å². The second-order valence-electron chi connectivity index (χ2n) is 4.38. The molecule has 0 aromatic carbocycles. The molecule has 0 saturated carbocycles. The molecule has 1 N–H and O–H groups in total. The van der Waals surface area contributed by atoms with E-state index >= 15 is 0 Å². The standard InChI is InChI=1S/C15H16N2O3/c1-4-10-7-12(9(2)17-14(10)20-3)13-6-5-11(8-16-13)15(18)19/h5-8H,4H2,1-3H3,(H,18,19). The van der Waals surface area contributed by atoms with Crippen LogP contribution in [0, 0.1) is 6.92 Å². The van der Waals surface area contributed by atoms with Crippen molar-refractivity contribution in [2.45, 2.75) is 20.3 Å². The van der Waals surface area contributed by atoms with E-state index in [-0.39, 0.29) is 5.56 Å². The molecule has 20 heavy (non-hydrogen) atoms. The first kappa shape index (κ1) is 14.0. The minimum atomic E-state index is -0.983. The second-order valence-corrected chi connectivity index (χ2v) is 4.38. The Balaban J connectivity index is 2.49. The van der Waals surface area contributed by atoms with Crippen molar-refractivity contribution >= 4 is 5.97 Å². The third kappa shape index (κ3) is 2.61. The number of carboxylic acid groups (broad SMARTS) is 1. The van der Waals surface area contributed by atoms with E-state index in [4.69, 9.17) is 9.84 Å². The van der Waals surface area contributed by atoms with Crippen LogP contribution in [0.25, 0.3) is 11.3 Å². The molecule has 0 aliphatic heterocycles. The molecule has 0 amide bonds. The van der Waals surface area contributed by atoms with E-state index in [1.54, 1.807) is 19.2 Å². The fraction of sp³-hybridized carbons (Fsp3) is 0.267. The fourth-order valence-corrected chi connectivity index (χ4v) is 1.99. The minimum absolute atomic E-state index is 0.170. The summed E-state index contributed by atoms with van der Waals surface area (Å²) in [5.41, 5.74) is 3.56. The molecule has 0 fully saturated rings. The highest BCUT2D eigenvalue weighted by atomic mass is 16.5. The average Bonchev–Trinajstić information content (AvgIpc) is 2.47. The van der Waals surface area contributed by atoms with Gasteiger partial charge in [-0.25, -0.2) is 9.78 Å². The molecular formula is C15H16N2O3. The van der Waals surface area contributed by atoms with Crippen LogP contribution in [0.2, 0.25) is 0 Å². The van der Waals surface area contributed by atoms with Gasteiger partial charge in [-0.2, -0.15) is 0 Å². The number of carbonyl (C=O) groups is 1. The molecule has 0 aliphatic carbocycles. The van der Waals surface area contributed by atoms with Crippen LogP contribution in [0.4, 0.5) is 0 Å². The molecule has 0 unspecified atom stereocenters.